The number of piperidine rings is 2. The molecule has 2 aromatic heterocycles. The number of carbonyl (C=O) groups excluding carboxylic acids is 3. The Morgan fingerprint density at radius 2 is 2.00 bits per heavy atom. The average Bonchev–Trinajstić information content (AvgIpc) is 3.56. The van der Waals surface area contributed by atoms with Gasteiger partial charge in [0.2, 0.25) is 24.0 Å². The molecule has 3 amide bonds. The third kappa shape index (κ3) is 4.27. The van der Waals surface area contributed by atoms with Crippen molar-refractivity contribution in [2.24, 2.45) is 5.41 Å². The number of aromatic nitrogens is 3. The average molecular weight is 549 g/mol. The van der Waals surface area contributed by atoms with Crippen molar-refractivity contribution in [1.29, 1.82) is 0 Å². The van der Waals surface area contributed by atoms with Crippen molar-refractivity contribution in [2.45, 2.75) is 57.8 Å². The van der Waals surface area contributed by atoms with Gasteiger partial charge < -0.3 is 14.5 Å². The van der Waals surface area contributed by atoms with E-state index in [1.54, 1.807) is 12.3 Å². The number of imide groups is 1. The molecule has 0 aliphatic carbocycles. The van der Waals surface area contributed by atoms with Gasteiger partial charge in [-0.25, -0.2) is 4.39 Å². The number of rotatable bonds is 5. The summed E-state index contributed by atoms with van der Waals surface area (Å²) in [6.45, 7) is 5.34. The highest BCUT2D eigenvalue weighted by molar-refractivity contribution is 6.05. The van der Waals surface area contributed by atoms with Crippen LogP contribution < -0.4 is 5.32 Å². The second-order valence-electron chi connectivity index (χ2n) is 11.4. The van der Waals surface area contributed by atoms with Gasteiger partial charge in [-0.05, 0) is 30.5 Å². The summed E-state index contributed by atoms with van der Waals surface area (Å²) in [6.07, 6.45) is 3.60. The van der Waals surface area contributed by atoms with Crippen LogP contribution in [0.1, 0.15) is 60.2 Å². The Hall–Kier alpha value is -4.03. The van der Waals surface area contributed by atoms with Crippen LogP contribution in [0, 0.1) is 11.2 Å². The molecule has 2 atom stereocenters. The molecule has 3 aromatic rings. The first-order valence-electron chi connectivity index (χ1n) is 13.2. The van der Waals surface area contributed by atoms with Crippen molar-refractivity contribution in [2.75, 3.05) is 13.1 Å². The van der Waals surface area contributed by atoms with Crippen molar-refractivity contribution < 1.29 is 28.4 Å². The molecule has 3 aliphatic rings. The first-order valence-corrected chi connectivity index (χ1v) is 13.2. The Bertz CT molecular complexity index is 1490. The molecule has 0 spiro atoms. The van der Waals surface area contributed by atoms with Gasteiger partial charge in [0.1, 0.15) is 17.6 Å². The largest absolute Gasteiger partial charge is 0.384 e. The molecule has 0 saturated carbocycles. The van der Waals surface area contributed by atoms with Gasteiger partial charge in [0.15, 0.2) is 0 Å². The number of hydrogen-bond donors (Lipinski definition) is 2. The Morgan fingerprint density at radius 1 is 1.18 bits per heavy atom. The molecule has 0 bridgehead atoms. The van der Waals surface area contributed by atoms with Gasteiger partial charge in [0, 0.05) is 54.4 Å². The number of likely N-dealkylation sites (tertiary alicyclic amines) is 1. The van der Waals surface area contributed by atoms with Crippen LogP contribution in [0.3, 0.4) is 0 Å². The third-order valence-electron chi connectivity index (χ3n) is 8.44. The first kappa shape index (κ1) is 26.2. The van der Waals surface area contributed by atoms with E-state index in [-0.39, 0.29) is 48.4 Å². The van der Waals surface area contributed by atoms with Gasteiger partial charge in [-0.3, -0.25) is 29.6 Å². The van der Waals surface area contributed by atoms with E-state index in [9.17, 15) is 19.5 Å². The Labute approximate surface area is 229 Å². The van der Waals surface area contributed by atoms with E-state index in [0.29, 0.717) is 31.2 Å². The lowest BCUT2D eigenvalue weighted by atomic mass is 9.66. The Kier molecular flexibility index (Phi) is 6.26. The molecule has 6 rings (SSSR count). The summed E-state index contributed by atoms with van der Waals surface area (Å²) in [7, 11) is 0. The van der Waals surface area contributed by atoms with Gasteiger partial charge in [-0.2, -0.15) is 4.98 Å². The molecule has 2 N–H and O–H groups in total. The molecular weight excluding hydrogens is 519 g/mol. The van der Waals surface area contributed by atoms with Gasteiger partial charge in [-0.15, -0.1) is 0 Å². The van der Waals surface area contributed by atoms with Gasteiger partial charge in [0.25, 0.3) is 5.91 Å². The summed E-state index contributed by atoms with van der Waals surface area (Å²) in [5.74, 6) is -1.59. The number of aliphatic hydroxyl groups is 1. The van der Waals surface area contributed by atoms with Crippen LogP contribution in [0.4, 0.5) is 4.39 Å². The van der Waals surface area contributed by atoms with Gasteiger partial charge in [-0.1, -0.05) is 31.1 Å². The summed E-state index contributed by atoms with van der Waals surface area (Å²) >= 11 is 0. The van der Waals surface area contributed by atoms with Crippen molar-refractivity contribution in [3.8, 4) is 11.5 Å². The van der Waals surface area contributed by atoms with Crippen LogP contribution in [0.5, 0.6) is 0 Å². The van der Waals surface area contributed by atoms with Crippen molar-refractivity contribution >= 4 is 17.7 Å². The number of nitrogens with zero attached hydrogens (tertiary/aromatic N) is 5. The molecule has 1 unspecified atom stereocenters. The number of nitrogens with one attached hydrogen (secondary N) is 1. The van der Waals surface area contributed by atoms with Gasteiger partial charge >= 0.3 is 0 Å². The molecule has 11 nitrogen and oxygen atoms in total. The summed E-state index contributed by atoms with van der Waals surface area (Å²) in [5, 5.41) is 18.0. The second kappa shape index (κ2) is 9.56. The SMILES string of the molecule is CC1(C)CN(Cc2ccc(-c3ncon3)nc2)CC[C@]1(O)c1ccc2c(c1F)CN(C1CCC(=O)NC1=O)C2=O. The normalized spacial score (nSPS) is 24.8. The summed E-state index contributed by atoms with van der Waals surface area (Å²) in [6, 6.07) is 5.97. The van der Waals surface area contributed by atoms with E-state index in [1.807, 2.05) is 26.0 Å². The number of halogens is 1. The Balaban J connectivity index is 1.19. The quantitative estimate of drug-likeness (QED) is 0.459. The van der Waals surface area contributed by atoms with Crippen molar-refractivity contribution in [1.82, 2.24) is 30.2 Å². The van der Waals surface area contributed by atoms with E-state index >= 15 is 4.39 Å². The highest BCUT2D eigenvalue weighted by atomic mass is 19.1. The molecule has 3 aliphatic heterocycles. The van der Waals surface area contributed by atoms with E-state index in [2.05, 4.69) is 25.3 Å². The van der Waals surface area contributed by atoms with E-state index in [4.69, 9.17) is 4.52 Å². The van der Waals surface area contributed by atoms with Crippen LogP contribution in [0.2, 0.25) is 0 Å². The fourth-order valence-electron chi connectivity index (χ4n) is 6.18. The predicted octanol–water partition coefficient (Wildman–Crippen LogP) is 2.15. The van der Waals surface area contributed by atoms with Crippen LogP contribution in [0.15, 0.2) is 41.4 Å². The zero-order valence-corrected chi connectivity index (χ0v) is 22.2. The summed E-state index contributed by atoms with van der Waals surface area (Å²) < 4.78 is 20.9. The smallest absolute Gasteiger partial charge is 0.255 e. The third-order valence-corrected chi connectivity index (χ3v) is 8.44. The molecule has 208 valence electrons. The van der Waals surface area contributed by atoms with Crippen LogP contribution in [-0.4, -0.2) is 66.9 Å². The predicted molar refractivity (Wildman–Crippen MR) is 138 cm³/mol. The Morgan fingerprint density at radius 3 is 2.67 bits per heavy atom. The minimum atomic E-state index is -1.48. The number of hydrogen-bond acceptors (Lipinski definition) is 9. The number of amides is 3. The molecule has 12 heteroatoms. The fourth-order valence-corrected chi connectivity index (χ4v) is 6.18. The topological polar surface area (TPSA) is 142 Å². The number of pyridine rings is 1. The van der Waals surface area contributed by atoms with E-state index in [0.717, 1.165) is 5.56 Å². The fraction of sp³-hybridized carbons (Fsp3) is 0.429. The van der Waals surface area contributed by atoms with E-state index in [1.165, 1.54) is 17.4 Å². The molecule has 5 heterocycles. The van der Waals surface area contributed by atoms with E-state index < -0.39 is 34.7 Å². The second-order valence-corrected chi connectivity index (χ2v) is 11.4. The van der Waals surface area contributed by atoms with Crippen molar-refractivity contribution in [3.63, 3.8) is 0 Å². The first-order chi connectivity index (χ1) is 19.1. The highest BCUT2D eigenvalue weighted by Gasteiger charge is 2.51. The monoisotopic (exact) mass is 548 g/mol. The van der Waals surface area contributed by atoms with Crippen LogP contribution in [0.25, 0.3) is 11.5 Å². The van der Waals surface area contributed by atoms with Crippen LogP contribution in [-0.2, 0) is 28.3 Å². The van der Waals surface area contributed by atoms with Crippen molar-refractivity contribution in [3.05, 3.63) is 64.9 Å². The maximum atomic E-state index is 16.1. The maximum absolute atomic E-state index is 16.1. The standard InChI is InChI=1S/C28H29FN6O5/c1-27(2)14-34(12-16-3-6-20(30-11-16)24-31-15-40-33-24)10-9-28(27,39)19-5-4-17-18(23(19)29)13-35(26(17)38)21-7-8-22(36)32-25(21)37/h3-6,11,15,21,39H,7-10,12-14H2,1-2H3,(H,32,36,37)/t21?,28-/m0/s1. The summed E-state index contributed by atoms with van der Waals surface area (Å²) in [4.78, 5) is 48.9. The number of benzene rings is 1. The molecule has 0 radical (unpaired) electrons. The molecule has 2 fully saturated rings. The number of carbonyl (C=O) groups is 3. The lowest BCUT2D eigenvalue weighted by molar-refractivity contribution is -0.137. The number of fused-ring (bicyclic) bond motifs is 1. The summed E-state index contributed by atoms with van der Waals surface area (Å²) in [5.41, 5.74) is -0.122. The minimum absolute atomic E-state index is 0.0877. The molecular formula is C28H29FN6O5. The van der Waals surface area contributed by atoms with Gasteiger partial charge in [0.05, 0.1) is 12.1 Å². The minimum Gasteiger partial charge on any atom is -0.384 e. The molecule has 40 heavy (non-hydrogen) atoms. The molecule has 1 aromatic carbocycles. The lowest BCUT2D eigenvalue weighted by Crippen LogP contribution is -2.55. The van der Waals surface area contributed by atoms with Crippen LogP contribution >= 0.6 is 0 Å². The maximum Gasteiger partial charge on any atom is 0.255 e. The zero-order valence-electron chi connectivity index (χ0n) is 22.2. The lowest BCUT2D eigenvalue weighted by Gasteiger charge is -2.50. The zero-order chi connectivity index (χ0) is 28.2. The highest BCUT2D eigenvalue weighted by Crippen LogP contribution is 2.48. The molecule has 2 saturated heterocycles.